The highest BCUT2D eigenvalue weighted by atomic mass is 32.1. The van der Waals surface area contributed by atoms with Gasteiger partial charge in [-0.3, -0.25) is 5.32 Å². The molecule has 0 saturated carbocycles. The molecule has 0 bridgehead atoms. The van der Waals surface area contributed by atoms with Crippen molar-refractivity contribution in [2.45, 2.75) is 12.8 Å². The molecular weight excluding hydrogens is 362 g/mol. The van der Waals surface area contributed by atoms with Crippen LogP contribution < -0.4 is 5.32 Å². The minimum absolute atomic E-state index is 0.0364. The standard InChI is InChI=1S/C21H17NO4S/c1-12-11-27-19(20(23)24)18(12)22-21(25)26-10-17-15-8-4-2-6-13(15)14-7-3-5-9-16(14)17/h2-9,11,17H,10H2,1H3,(H,22,25)(H,23,24). The Bertz CT molecular complexity index is 995. The molecule has 0 aliphatic heterocycles. The van der Waals surface area contributed by atoms with Crippen LogP contribution in [0.3, 0.4) is 0 Å². The van der Waals surface area contributed by atoms with Crippen molar-refractivity contribution in [3.63, 3.8) is 0 Å². The third-order valence-electron chi connectivity index (χ3n) is 4.74. The molecule has 1 aromatic heterocycles. The molecular formula is C21H17NO4S. The highest BCUT2D eigenvalue weighted by Crippen LogP contribution is 2.44. The van der Waals surface area contributed by atoms with Crippen molar-refractivity contribution in [1.29, 1.82) is 0 Å². The fourth-order valence-electron chi connectivity index (χ4n) is 3.49. The van der Waals surface area contributed by atoms with Gasteiger partial charge in [0, 0.05) is 5.92 Å². The van der Waals surface area contributed by atoms with Crippen molar-refractivity contribution < 1.29 is 19.4 Å². The number of ether oxygens (including phenoxy) is 1. The van der Waals surface area contributed by atoms with Gasteiger partial charge in [-0.25, -0.2) is 9.59 Å². The first-order valence-electron chi connectivity index (χ1n) is 8.49. The van der Waals surface area contributed by atoms with E-state index in [0.29, 0.717) is 11.3 Å². The average Bonchev–Trinajstić information content (AvgIpc) is 3.19. The van der Waals surface area contributed by atoms with Crippen LogP contribution in [0.5, 0.6) is 0 Å². The topological polar surface area (TPSA) is 75.6 Å². The van der Waals surface area contributed by atoms with E-state index in [0.717, 1.165) is 33.6 Å². The maximum Gasteiger partial charge on any atom is 0.411 e. The molecule has 0 fully saturated rings. The van der Waals surface area contributed by atoms with Crippen LogP contribution in [-0.4, -0.2) is 23.8 Å². The molecule has 1 amide bonds. The number of benzene rings is 2. The van der Waals surface area contributed by atoms with E-state index in [-0.39, 0.29) is 17.4 Å². The maximum absolute atomic E-state index is 12.3. The number of carbonyl (C=O) groups is 2. The third kappa shape index (κ3) is 3.08. The summed E-state index contributed by atoms with van der Waals surface area (Å²) in [5.74, 6) is -1.10. The lowest BCUT2D eigenvalue weighted by Crippen LogP contribution is -2.19. The Hall–Kier alpha value is -3.12. The van der Waals surface area contributed by atoms with Crippen molar-refractivity contribution in [1.82, 2.24) is 0 Å². The molecule has 5 nitrogen and oxygen atoms in total. The van der Waals surface area contributed by atoms with E-state index < -0.39 is 12.1 Å². The van der Waals surface area contributed by atoms with E-state index in [1.165, 1.54) is 0 Å². The van der Waals surface area contributed by atoms with Gasteiger partial charge in [-0.1, -0.05) is 48.5 Å². The number of carboxylic acid groups (broad SMARTS) is 1. The number of nitrogens with one attached hydrogen (secondary N) is 1. The highest BCUT2D eigenvalue weighted by molar-refractivity contribution is 7.12. The Morgan fingerprint density at radius 1 is 1.07 bits per heavy atom. The van der Waals surface area contributed by atoms with Gasteiger partial charge >= 0.3 is 12.1 Å². The lowest BCUT2D eigenvalue weighted by Gasteiger charge is -2.14. The fourth-order valence-corrected chi connectivity index (χ4v) is 4.34. The number of carbonyl (C=O) groups excluding carboxylic acids is 1. The van der Waals surface area contributed by atoms with Crippen molar-refractivity contribution in [3.05, 3.63) is 75.5 Å². The van der Waals surface area contributed by atoms with E-state index in [4.69, 9.17) is 4.74 Å². The van der Waals surface area contributed by atoms with Crippen LogP contribution in [-0.2, 0) is 4.74 Å². The van der Waals surface area contributed by atoms with Crippen LogP contribution in [0.25, 0.3) is 11.1 Å². The molecule has 136 valence electrons. The number of aryl methyl sites for hydroxylation is 1. The van der Waals surface area contributed by atoms with E-state index in [1.54, 1.807) is 12.3 Å². The van der Waals surface area contributed by atoms with Gasteiger partial charge in [0.2, 0.25) is 0 Å². The molecule has 6 heteroatoms. The highest BCUT2D eigenvalue weighted by Gasteiger charge is 2.29. The Morgan fingerprint density at radius 3 is 2.26 bits per heavy atom. The SMILES string of the molecule is Cc1csc(C(=O)O)c1NC(=O)OCC1c2ccccc2-c2ccccc21. The summed E-state index contributed by atoms with van der Waals surface area (Å²) in [7, 11) is 0. The zero-order chi connectivity index (χ0) is 19.0. The Balaban J connectivity index is 1.52. The molecule has 1 aliphatic rings. The first-order chi connectivity index (χ1) is 13.1. The predicted octanol–water partition coefficient (Wildman–Crippen LogP) is 5.12. The smallest absolute Gasteiger partial charge is 0.411 e. The first-order valence-corrected chi connectivity index (χ1v) is 9.37. The lowest BCUT2D eigenvalue weighted by molar-refractivity contribution is 0.0703. The third-order valence-corrected chi connectivity index (χ3v) is 5.83. The number of thiophene rings is 1. The van der Waals surface area contributed by atoms with Crippen LogP contribution in [0.15, 0.2) is 53.9 Å². The minimum atomic E-state index is -1.07. The molecule has 0 radical (unpaired) electrons. The molecule has 3 aromatic rings. The number of rotatable bonds is 4. The zero-order valence-corrected chi connectivity index (χ0v) is 15.4. The van der Waals surface area contributed by atoms with E-state index in [2.05, 4.69) is 17.4 Å². The monoisotopic (exact) mass is 379 g/mol. The van der Waals surface area contributed by atoms with Gasteiger partial charge in [0.1, 0.15) is 11.5 Å². The van der Waals surface area contributed by atoms with Crippen molar-refractivity contribution in [2.24, 2.45) is 0 Å². The molecule has 4 rings (SSSR count). The number of amides is 1. The summed E-state index contributed by atoms with van der Waals surface area (Å²) in [6.45, 7) is 1.94. The average molecular weight is 379 g/mol. The summed E-state index contributed by atoms with van der Waals surface area (Å²) >= 11 is 1.08. The van der Waals surface area contributed by atoms with E-state index in [1.807, 2.05) is 36.4 Å². The summed E-state index contributed by atoms with van der Waals surface area (Å²) in [5, 5.41) is 13.5. The fraction of sp³-hybridized carbons (Fsp3) is 0.143. The van der Waals surface area contributed by atoms with E-state index in [9.17, 15) is 14.7 Å². The lowest BCUT2D eigenvalue weighted by atomic mass is 9.98. The second-order valence-corrected chi connectivity index (χ2v) is 7.26. The number of hydrogen-bond donors (Lipinski definition) is 2. The Kier molecular flexibility index (Phi) is 4.41. The first kappa shape index (κ1) is 17.3. The van der Waals surface area contributed by atoms with Gasteiger partial charge in [-0.2, -0.15) is 0 Å². The van der Waals surface area contributed by atoms with Crippen molar-refractivity contribution in [3.8, 4) is 11.1 Å². The molecule has 0 unspecified atom stereocenters. The van der Waals surface area contributed by atoms with Gasteiger partial charge in [0.05, 0.1) is 5.69 Å². The number of carboxylic acids is 1. The number of hydrogen-bond acceptors (Lipinski definition) is 4. The van der Waals surface area contributed by atoms with Gasteiger partial charge in [-0.15, -0.1) is 11.3 Å². The van der Waals surface area contributed by atoms with Crippen molar-refractivity contribution in [2.75, 3.05) is 11.9 Å². The number of aromatic carboxylic acids is 1. The quantitative estimate of drug-likeness (QED) is 0.660. The second kappa shape index (κ2) is 6.89. The largest absolute Gasteiger partial charge is 0.477 e. The molecule has 27 heavy (non-hydrogen) atoms. The Morgan fingerprint density at radius 2 is 1.67 bits per heavy atom. The molecule has 0 spiro atoms. The van der Waals surface area contributed by atoms with Crippen molar-refractivity contribution >= 4 is 29.1 Å². The molecule has 2 aromatic carbocycles. The molecule has 2 N–H and O–H groups in total. The number of fused-ring (bicyclic) bond motifs is 3. The Labute approximate surface area is 160 Å². The predicted molar refractivity (Wildman–Crippen MR) is 105 cm³/mol. The molecule has 0 atom stereocenters. The van der Waals surface area contributed by atoms with Crippen LogP contribution >= 0.6 is 11.3 Å². The molecule has 0 saturated heterocycles. The number of anilines is 1. The zero-order valence-electron chi connectivity index (χ0n) is 14.6. The van der Waals surface area contributed by atoms with Gasteiger partial charge in [0.15, 0.2) is 0 Å². The normalized spacial score (nSPS) is 12.3. The second-order valence-electron chi connectivity index (χ2n) is 6.38. The van der Waals surface area contributed by atoms with Gasteiger partial charge in [-0.05, 0) is 40.1 Å². The summed E-state index contributed by atoms with van der Waals surface area (Å²) in [6, 6.07) is 16.2. The van der Waals surface area contributed by atoms with E-state index >= 15 is 0 Å². The minimum Gasteiger partial charge on any atom is -0.477 e. The molecule has 1 aliphatic carbocycles. The summed E-state index contributed by atoms with van der Waals surface area (Å²) in [5.41, 5.74) is 5.57. The summed E-state index contributed by atoms with van der Waals surface area (Å²) in [6.07, 6.45) is -0.652. The van der Waals surface area contributed by atoms with Gasteiger partial charge in [0.25, 0.3) is 0 Å². The van der Waals surface area contributed by atoms with Crippen LogP contribution in [0, 0.1) is 6.92 Å². The maximum atomic E-state index is 12.3. The molecule has 1 heterocycles. The summed E-state index contributed by atoms with van der Waals surface area (Å²) < 4.78 is 5.46. The summed E-state index contributed by atoms with van der Waals surface area (Å²) in [4.78, 5) is 23.7. The van der Waals surface area contributed by atoms with Crippen LogP contribution in [0.2, 0.25) is 0 Å². The van der Waals surface area contributed by atoms with Gasteiger partial charge < -0.3 is 9.84 Å². The van der Waals surface area contributed by atoms with Crippen LogP contribution in [0.4, 0.5) is 10.5 Å². The van der Waals surface area contributed by atoms with Crippen LogP contribution in [0.1, 0.15) is 32.3 Å².